The minimum absolute atomic E-state index is 0.204. The Kier molecular flexibility index (Phi) is 7.35. The summed E-state index contributed by atoms with van der Waals surface area (Å²) in [5.74, 6) is -2.36. The van der Waals surface area contributed by atoms with Crippen molar-refractivity contribution in [3.8, 4) is 0 Å². The average Bonchev–Trinajstić information content (AvgIpc) is 2.61. The first-order chi connectivity index (χ1) is 12.1. The largest absolute Gasteiger partial charge is 0.465 e. The van der Waals surface area contributed by atoms with E-state index in [1.54, 1.807) is 18.2 Å². The first-order valence-corrected chi connectivity index (χ1v) is 9.04. The highest BCUT2D eigenvalue weighted by atomic mass is 19.3. The fraction of sp³-hybridized carbons (Fsp3) is 0.476. The molecule has 0 N–H and O–H groups in total. The second kappa shape index (κ2) is 9.50. The van der Waals surface area contributed by atoms with Gasteiger partial charge in [-0.05, 0) is 34.7 Å². The molecule has 0 spiro atoms. The van der Waals surface area contributed by atoms with E-state index in [0.29, 0.717) is 12.0 Å². The van der Waals surface area contributed by atoms with Crippen molar-refractivity contribution in [1.29, 1.82) is 0 Å². The number of unbranched alkanes of at least 4 members (excludes halogenated alkanes) is 3. The molecule has 2 rings (SSSR count). The molecule has 0 aliphatic rings. The molecule has 0 aliphatic carbocycles. The third-order valence-corrected chi connectivity index (χ3v) is 4.44. The maximum Gasteiger partial charge on any atom is 0.319 e. The minimum atomic E-state index is -2.78. The quantitative estimate of drug-likeness (QED) is 0.418. The number of hydrogen-bond donors (Lipinski definition) is 0. The molecule has 4 heteroatoms. The third kappa shape index (κ3) is 5.25. The maximum absolute atomic E-state index is 13.5. The van der Waals surface area contributed by atoms with Gasteiger partial charge >= 0.3 is 5.97 Å². The molecule has 2 aromatic rings. The van der Waals surface area contributed by atoms with Crippen LogP contribution in [0.5, 0.6) is 0 Å². The molecule has 2 nitrogen and oxygen atoms in total. The monoisotopic (exact) mass is 348 g/mol. The van der Waals surface area contributed by atoms with Crippen molar-refractivity contribution in [2.45, 2.75) is 58.3 Å². The summed E-state index contributed by atoms with van der Waals surface area (Å²) in [7, 11) is 0. The Balaban J connectivity index is 2.13. The SMILES string of the molecule is CCCCCCOC(=O)C(c1ccc2cc(CC)ccc2c1)C(F)F. The standard InChI is InChI=1S/C21H26F2O2/c1-3-5-6-7-12-25-21(24)19(20(22)23)18-11-10-16-13-15(4-2)8-9-17(16)14-18/h8-11,13-14,19-20H,3-7,12H2,1-2H3. The van der Waals surface area contributed by atoms with E-state index >= 15 is 0 Å². The van der Waals surface area contributed by atoms with Gasteiger partial charge < -0.3 is 4.74 Å². The fourth-order valence-corrected chi connectivity index (χ4v) is 2.90. The normalized spacial score (nSPS) is 12.5. The van der Waals surface area contributed by atoms with Crippen LogP contribution >= 0.6 is 0 Å². The Morgan fingerprint density at radius 2 is 1.72 bits per heavy atom. The fourth-order valence-electron chi connectivity index (χ4n) is 2.90. The molecule has 0 amide bonds. The van der Waals surface area contributed by atoms with E-state index in [1.165, 1.54) is 5.56 Å². The van der Waals surface area contributed by atoms with Gasteiger partial charge in [-0.25, -0.2) is 8.78 Å². The van der Waals surface area contributed by atoms with Gasteiger partial charge in [0.2, 0.25) is 0 Å². The lowest BCUT2D eigenvalue weighted by atomic mass is 9.95. The molecular formula is C21H26F2O2. The first-order valence-electron chi connectivity index (χ1n) is 9.04. The van der Waals surface area contributed by atoms with Crippen LogP contribution in [0.25, 0.3) is 10.8 Å². The number of rotatable bonds is 9. The van der Waals surface area contributed by atoms with Crippen molar-refractivity contribution >= 4 is 16.7 Å². The van der Waals surface area contributed by atoms with Crippen LogP contribution in [-0.2, 0) is 16.0 Å². The zero-order chi connectivity index (χ0) is 18.2. The van der Waals surface area contributed by atoms with Crippen LogP contribution in [0.4, 0.5) is 8.78 Å². The number of hydrogen-bond acceptors (Lipinski definition) is 2. The van der Waals surface area contributed by atoms with Gasteiger partial charge in [0.1, 0.15) is 5.92 Å². The summed E-state index contributed by atoms with van der Waals surface area (Å²) in [5, 5.41) is 1.85. The van der Waals surface area contributed by atoms with E-state index < -0.39 is 18.3 Å². The van der Waals surface area contributed by atoms with Gasteiger partial charge in [-0.1, -0.05) is 69.5 Å². The van der Waals surface area contributed by atoms with Crippen molar-refractivity contribution in [3.63, 3.8) is 0 Å². The molecule has 25 heavy (non-hydrogen) atoms. The highest BCUT2D eigenvalue weighted by Gasteiger charge is 2.31. The highest BCUT2D eigenvalue weighted by molar-refractivity contribution is 5.86. The lowest BCUT2D eigenvalue weighted by molar-refractivity contribution is -0.149. The molecule has 0 saturated carbocycles. The molecule has 0 saturated heterocycles. The Labute approximate surface area is 148 Å². The number of carbonyl (C=O) groups is 1. The summed E-state index contributed by atoms with van der Waals surface area (Å²) in [5.41, 5.74) is 1.50. The molecule has 2 aromatic carbocycles. The number of alkyl halides is 2. The summed E-state index contributed by atoms with van der Waals surface area (Å²) in [6.07, 6.45) is 1.92. The molecule has 0 radical (unpaired) electrons. The van der Waals surface area contributed by atoms with Gasteiger partial charge in [0, 0.05) is 0 Å². The van der Waals surface area contributed by atoms with Gasteiger partial charge in [-0.3, -0.25) is 4.79 Å². The molecule has 0 heterocycles. The Bertz CT molecular complexity index is 697. The van der Waals surface area contributed by atoms with Gasteiger partial charge in [-0.15, -0.1) is 0 Å². The topological polar surface area (TPSA) is 26.3 Å². The number of ether oxygens (including phenoxy) is 1. The number of esters is 1. The molecule has 0 bridgehead atoms. The van der Waals surface area contributed by atoms with E-state index in [1.807, 2.05) is 18.2 Å². The zero-order valence-corrected chi connectivity index (χ0v) is 14.9. The maximum atomic E-state index is 13.5. The Morgan fingerprint density at radius 1 is 1.00 bits per heavy atom. The first kappa shape index (κ1) is 19.4. The summed E-state index contributed by atoms with van der Waals surface area (Å²) < 4.78 is 32.1. The van der Waals surface area contributed by atoms with E-state index in [2.05, 4.69) is 13.8 Å². The zero-order valence-electron chi connectivity index (χ0n) is 14.9. The summed E-state index contributed by atoms with van der Waals surface area (Å²) in [4.78, 5) is 12.2. The van der Waals surface area contributed by atoms with Crippen molar-refractivity contribution in [2.24, 2.45) is 0 Å². The molecule has 1 unspecified atom stereocenters. The summed E-state index contributed by atoms with van der Waals surface area (Å²) >= 11 is 0. The number of halogens is 2. The van der Waals surface area contributed by atoms with Crippen LogP contribution in [0.2, 0.25) is 0 Å². The van der Waals surface area contributed by atoms with Crippen molar-refractivity contribution < 1.29 is 18.3 Å². The predicted octanol–water partition coefficient (Wildman–Crippen LogP) is 5.87. The molecule has 0 aromatic heterocycles. The van der Waals surface area contributed by atoms with Gasteiger partial charge in [0.25, 0.3) is 6.43 Å². The molecule has 0 aliphatic heterocycles. The van der Waals surface area contributed by atoms with Crippen LogP contribution in [0.1, 0.15) is 56.6 Å². The second-order valence-electron chi connectivity index (χ2n) is 6.33. The minimum Gasteiger partial charge on any atom is -0.465 e. The summed E-state index contributed by atoms with van der Waals surface area (Å²) in [6.45, 7) is 4.36. The van der Waals surface area contributed by atoms with Crippen LogP contribution in [0.3, 0.4) is 0 Å². The molecular weight excluding hydrogens is 322 g/mol. The van der Waals surface area contributed by atoms with Crippen LogP contribution in [-0.4, -0.2) is 19.0 Å². The summed E-state index contributed by atoms with van der Waals surface area (Å²) in [6, 6.07) is 11.0. The van der Waals surface area contributed by atoms with E-state index in [-0.39, 0.29) is 6.61 Å². The number of benzene rings is 2. The lowest BCUT2D eigenvalue weighted by Crippen LogP contribution is -2.23. The Morgan fingerprint density at radius 3 is 2.40 bits per heavy atom. The van der Waals surface area contributed by atoms with Crippen LogP contribution < -0.4 is 0 Å². The second-order valence-corrected chi connectivity index (χ2v) is 6.33. The van der Waals surface area contributed by atoms with Crippen molar-refractivity contribution in [3.05, 3.63) is 47.5 Å². The van der Waals surface area contributed by atoms with Crippen LogP contribution in [0.15, 0.2) is 36.4 Å². The molecule has 136 valence electrons. The van der Waals surface area contributed by atoms with E-state index in [9.17, 15) is 13.6 Å². The third-order valence-electron chi connectivity index (χ3n) is 4.44. The van der Waals surface area contributed by atoms with E-state index in [4.69, 9.17) is 4.74 Å². The smallest absolute Gasteiger partial charge is 0.319 e. The van der Waals surface area contributed by atoms with Gasteiger partial charge in [0.05, 0.1) is 6.61 Å². The number of fused-ring (bicyclic) bond motifs is 1. The van der Waals surface area contributed by atoms with E-state index in [0.717, 1.165) is 36.5 Å². The number of aryl methyl sites for hydroxylation is 1. The van der Waals surface area contributed by atoms with Crippen molar-refractivity contribution in [1.82, 2.24) is 0 Å². The van der Waals surface area contributed by atoms with Crippen molar-refractivity contribution in [2.75, 3.05) is 6.61 Å². The van der Waals surface area contributed by atoms with Gasteiger partial charge in [-0.2, -0.15) is 0 Å². The molecule has 1 atom stereocenters. The van der Waals surface area contributed by atoms with Gasteiger partial charge in [0.15, 0.2) is 0 Å². The average molecular weight is 348 g/mol. The highest BCUT2D eigenvalue weighted by Crippen LogP contribution is 2.28. The molecule has 0 fully saturated rings. The lowest BCUT2D eigenvalue weighted by Gasteiger charge is -2.16. The number of carbonyl (C=O) groups excluding carboxylic acids is 1. The van der Waals surface area contributed by atoms with Crippen LogP contribution in [0, 0.1) is 0 Å². The Hall–Kier alpha value is -1.97. The predicted molar refractivity (Wildman–Crippen MR) is 97.2 cm³/mol.